The van der Waals surface area contributed by atoms with Crippen LogP contribution < -0.4 is 4.90 Å². The van der Waals surface area contributed by atoms with Crippen LogP contribution in [-0.2, 0) is 0 Å². The van der Waals surface area contributed by atoms with E-state index in [0.717, 1.165) is 6.54 Å². The average Bonchev–Trinajstić information content (AvgIpc) is 3.62. The average molecular weight is 745 g/mol. The largest absolute Gasteiger partial charge is 0.341 e. The van der Waals surface area contributed by atoms with E-state index in [1.165, 1.54) is 77.8 Å². The summed E-state index contributed by atoms with van der Waals surface area (Å²) >= 11 is 0. The summed E-state index contributed by atoms with van der Waals surface area (Å²) in [5.41, 5.74) is 15.2. The molecule has 1 fully saturated rings. The minimum atomic E-state index is 0.231. The SMILES string of the molecule is C[C@]12CN(c3ccc(/C=C/c4ccc(-c5ccc(/C=C/c6ccc(-n7c8ccccc8c8ccccc87)cc6)cc5)cc4)cc3)c3ccccc3C1C1C=CC=CC12. The van der Waals surface area contributed by atoms with Crippen LogP contribution in [0.3, 0.4) is 0 Å². The normalized spacial score (nSPS) is 20.7. The molecule has 1 aromatic heterocycles. The van der Waals surface area contributed by atoms with Gasteiger partial charge in [0, 0.05) is 40.3 Å². The molecule has 4 atom stereocenters. The van der Waals surface area contributed by atoms with Gasteiger partial charge in [-0.05, 0) is 98.7 Å². The van der Waals surface area contributed by atoms with Gasteiger partial charge in [0.1, 0.15) is 0 Å². The molecule has 8 aromatic rings. The van der Waals surface area contributed by atoms with E-state index < -0.39 is 0 Å². The molecule has 3 unspecified atom stereocenters. The molecule has 0 saturated heterocycles. The first-order chi connectivity index (χ1) is 28.6. The highest BCUT2D eigenvalue weighted by Gasteiger charge is 2.60. The van der Waals surface area contributed by atoms with E-state index in [4.69, 9.17) is 0 Å². The van der Waals surface area contributed by atoms with E-state index in [9.17, 15) is 0 Å². The van der Waals surface area contributed by atoms with E-state index in [2.05, 4.69) is 235 Å². The molecule has 58 heavy (non-hydrogen) atoms. The molecule has 0 amide bonds. The zero-order valence-electron chi connectivity index (χ0n) is 32.6. The lowest BCUT2D eigenvalue weighted by Crippen LogP contribution is -2.59. The van der Waals surface area contributed by atoms with Crippen molar-refractivity contribution < 1.29 is 0 Å². The van der Waals surface area contributed by atoms with Crippen molar-refractivity contribution in [1.82, 2.24) is 4.57 Å². The topological polar surface area (TPSA) is 8.17 Å². The maximum atomic E-state index is 2.55. The van der Waals surface area contributed by atoms with Gasteiger partial charge >= 0.3 is 0 Å². The van der Waals surface area contributed by atoms with Gasteiger partial charge in [0.25, 0.3) is 0 Å². The molecule has 0 radical (unpaired) electrons. The summed E-state index contributed by atoms with van der Waals surface area (Å²) in [6.07, 6.45) is 18.2. The van der Waals surface area contributed by atoms with Crippen molar-refractivity contribution in [2.75, 3.05) is 11.4 Å². The second-order valence-electron chi connectivity index (χ2n) is 16.5. The Labute approximate surface area is 341 Å². The van der Waals surface area contributed by atoms with Crippen LogP contribution in [0.5, 0.6) is 0 Å². The summed E-state index contributed by atoms with van der Waals surface area (Å²) in [5.74, 6) is 1.79. The first-order valence-electron chi connectivity index (χ1n) is 20.6. The van der Waals surface area contributed by atoms with Gasteiger partial charge in [-0.25, -0.2) is 0 Å². The highest BCUT2D eigenvalue weighted by molar-refractivity contribution is 6.09. The van der Waals surface area contributed by atoms with Crippen molar-refractivity contribution >= 4 is 57.5 Å². The van der Waals surface area contributed by atoms with Gasteiger partial charge < -0.3 is 9.47 Å². The molecule has 2 nitrogen and oxygen atoms in total. The third-order valence-electron chi connectivity index (χ3n) is 13.1. The van der Waals surface area contributed by atoms with E-state index in [0.29, 0.717) is 17.8 Å². The Kier molecular flexibility index (Phi) is 8.25. The zero-order chi connectivity index (χ0) is 38.6. The van der Waals surface area contributed by atoms with Gasteiger partial charge in [-0.2, -0.15) is 0 Å². The maximum absolute atomic E-state index is 2.55. The van der Waals surface area contributed by atoms with Gasteiger partial charge in [0.2, 0.25) is 0 Å². The monoisotopic (exact) mass is 744 g/mol. The van der Waals surface area contributed by atoms with Crippen molar-refractivity contribution in [2.45, 2.75) is 12.8 Å². The van der Waals surface area contributed by atoms with Gasteiger partial charge in [0.15, 0.2) is 0 Å². The van der Waals surface area contributed by atoms with E-state index in [1.54, 1.807) is 0 Å². The standard InChI is InChI=1S/C56H44N2/c1-56-38-57(52-15-7-5-13-50(52)55(56)49-12-2-6-14-51(49)56)45-34-26-41(27-35-45)20-18-39-22-30-43(31-23-39)44-32-24-40(25-33-44)19-21-42-28-36-46(37-29-42)58-53-16-8-3-10-47(53)48-11-4-9-17-54(48)58/h2-37,49,51,55H,38H2,1H3/b20-18+,21-19+/t49?,51?,55?,56-/m1/s1. The lowest BCUT2D eigenvalue weighted by molar-refractivity contribution is -0.00208. The number of benzene rings is 7. The number of allylic oxidation sites excluding steroid dienone is 4. The molecule has 1 saturated carbocycles. The number of fused-ring (bicyclic) bond motifs is 9. The first-order valence-corrected chi connectivity index (χ1v) is 20.6. The molecular weight excluding hydrogens is 701 g/mol. The molecule has 0 spiro atoms. The van der Waals surface area contributed by atoms with Crippen LogP contribution in [-0.4, -0.2) is 11.1 Å². The maximum Gasteiger partial charge on any atom is 0.0541 e. The molecule has 1 aliphatic heterocycles. The molecule has 278 valence electrons. The second kappa shape index (κ2) is 13.9. The van der Waals surface area contributed by atoms with E-state index in [1.807, 2.05) is 0 Å². The summed E-state index contributed by atoms with van der Waals surface area (Å²) in [7, 11) is 0. The first kappa shape index (κ1) is 34.4. The van der Waals surface area contributed by atoms with Crippen LogP contribution in [0.4, 0.5) is 11.4 Å². The number of rotatable bonds is 7. The second-order valence-corrected chi connectivity index (χ2v) is 16.5. The van der Waals surface area contributed by atoms with Crippen LogP contribution in [0, 0.1) is 17.3 Å². The highest BCUT2D eigenvalue weighted by atomic mass is 15.2. The van der Waals surface area contributed by atoms with Crippen molar-refractivity contribution in [2.24, 2.45) is 17.3 Å². The Morgan fingerprint density at radius 1 is 0.483 bits per heavy atom. The van der Waals surface area contributed by atoms with Crippen LogP contribution in [0.2, 0.25) is 0 Å². The summed E-state index contributed by atoms with van der Waals surface area (Å²) in [4.78, 5) is 2.55. The Morgan fingerprint density at radius 3 is 1.52 bits per heavy atom. The van der Waals surface area contributed by atoms with E-state index >= 15 is 0 Å². The summed E-state index contributed by atoms with van der Waals surface area (Å²) in [6, 6.07) is 62.0. The number of hydrogen-bond donors (Lipinski definition) is 0. The third-order valence-corrected chi connectivity index (χ3v) is 13.1. The zero-order valence-corrected chi connectivity index (χ0v) is 32.6. The van der Waals surface area contributed by atoms with Gasteiger partial charge in [-0.3, -0.25) is 0 Å². The number of para-hydroxylation sites is 3. The fourth-order valence-electron chi connectivity index (χ4n) is 10.2. The molecule has 0 bridgehead atoms. The third kappa shape index (κ3) is 5.79. The Morgan fingerprint density at radius 2 is 0.948 bits per heavy atom. The number of hydrogen-bond acceptors (Lipinski definition) is 1. The fraction of sp³-hybridized carbons (Fsp3) is 0.107. The summed E-state index contributed by atoms with van der Waals surface area (Å²) in [6.45, 7) is 3.53. The fourth-order valence-corrected chi connectivity index (χ4v) is 10.2. The van der Waals surface area contributed by atoms with Crippen LogP contribution in [0.1, 0.15) is 40.7 Å². The van der Waals surface area contributed by atoms with Crippen molar-refractivity contribution in [1.29, 1.82) is 0 Å². The van der Waals surface area contributed by atoms with Gasteiger partial charge in [0.05, 0.1) is 11.0 Å². The molecular formula is C56H44N2. The molecule has 2 aliphatic carbocycles. The Hall–Kier alpha value is -6.90. The van der Waals surface area contributed by atoms with Crippen molar-refractivity contribution in [3.05, 3.63) is 222 Å². The molecule has 11 rings (SSSR count). The molecule has 2 heterocycles. The lowest BCUT2D eigenvalue weighted by Gasteiger charge is -2.64. The summed E-state index contributed by atoms with van der Waals surface area (Å²) < 4.78 is 2.36. The molecule has 3 aliphatic rings. The van der Waals surface area contributed by atoms with Crippen LogP contribution in [0.25, 0.3) is 62.9 Å². The summed E-state index contributed by atoms with van der Waals surface area (Å²) in [5, 5.41) is 2.56. The molecule has 7 aromatic carbocycles. The van der Waals surface area contributed by atoms with Crippen molar-refractivity contribution in [3.63, 3.8) is 0 Å². The van der Waals surface area contributed by atoms with Gasteiger partial charge in [-0.1, -0.05) is 183 Å². The number of anilines is 2. The lowest BCUT2D eigenvalue weighted by atomic mass is 9.43. The minimum Gasteiger partial charge on any atom is -0.341 e. The Balaban J connectivity index is 0.744. The van der Waals surface area contributed by atoms with Crippen molar-refractivity contribution in [3.8, 4) is 16.8 Å². The number of nitrogens with zero attached hydrogens (tertiary/aromatic N) is 2. The quantitative estimate of drug-likeness (QED) is 0.148. The minimum absolute atomic E-state index is 0.231. The van der Waals surface area contributed by atoms with Crippen LogP contribution in [0.15, 0.2) is 194 Å². The smallest absolute Gasteiger partial charge is 0.0541 e. The molecule has 2 heteroatoms. The van der Waals surface area contributed by atoms with Crippen LogP contribution >= 0.6 is 0 Å². The Bertz CT molecular complexity index is 2870. The number of aromatic nitrogens is 1. The predicted octanol–water partition coefficient (Wildman–Crippen LogP) is 14.4. The predicted molar refractivity (Wildman–Crippen MR) is 247 cm³/mol. The highest BCUT2D eigenvalue weighted by Crippen LogP contribution is 2.67. The van der Waals surface area contributed by atoms with Gasteiger partial charge in [-0.15, -0.1) is 0 Å². The van der Waals surface area contributed by atoms with E-state index in [-0.39, 0.29) is 5.41 Å². The molecule has 0 N–H and O–H groups in total.